The molecule has 0 saturated carbocycles. The van der Waals surface area contributed by atoms with Gasteiger partial charge >= 0.3 is 0 Å². The van der Waals surface area contributed by atoms with Crippen LogP contribution in [-0.4, -0.2) is 36.7 Å². The van der Waals surface area contributed by atoms with E-state index >= 15 is 0 Å². The lowest BCUT2D eigenvalue weighted by molar-refractivity contribution is 0.137. The van der Waals surface area contributed by atoms with Crippen LogP contribution in [0.2, 0.25) is 0 Å². The van der Waals surface area contributed by atoms with Gasteiger partial charge in [0.05, 0.1) is 0 Å². The number of hydrogen-bond acceptors (Lipinski definition) is 3. The highest BCUT2D eigenvalue weighted by molar-refractivity contribution is 5.45. The summed E-state index contributed by atoms with van der Waals surface area (Å²) in [6.45, 7) is 7.56. The second-order valence-electron chi connectivity index (χ2n) is 7.21. The van der Waals surface area contributed by atoms with Gasteiger partial charge < -0.3 is 15.0 Å². The number of nitrogens with zero attached hydrogens (tertiary/aromatic N) is 1. The van der Waals surface area contributed by atoms with E-state index < -0.39 is 0 Å². The number of likely N-dealkylation sites (N-methyl/N-ethyl adjacent to an activating group) is 1. The van der Waals surface area contributed by atoms with Gasteiger partial charge in [-0.15, -0.1) is 0 Å². The molecule has 1 N–H and O–H groups in total. The molecule has 1 aromatic rings. The number of hydrogen-bond donors (Lipinski definition) is 1. The van der Waals surface area contributed by atoms with Crippen molar-refractivity contribution < 1.29 is 4.74 Å². The van der Waals surface area contributed by atoms with Crippen molar-refractivity contribution in [3.8, 4) is 5.75 Å². The number of likely N-dealkylation sites (tertiary alicyclic amines) is 1. The van der Waals surface area contributed by atoms with Gasteiger partial charge in [-0.1, -0.05) is 24.6 Å². The molecular weight excluding hydrogens is 260 g/mol. The Morgan fingerprint density at radius 1 is 1.33 bits per heavy atom. The highest BCUT2D eigenvalue weighted by atomic mass is 16.5. The van der Waals surface area contributed by atoms with Crippen LogP contribution >= 0.6 is 0 Å². The molecule has 0 aromatic heterocycles. The van der Waals surface area contributed by atoms with E-state index in [2.05, 4.69) is 49.3 Å². The van der Waals surface area contributed by atoms with Gasteiger partial charge in [0.1, 0.15) is 11.4 Å². The van der Waals surface area contributed by atoms with Gasteiger partial charge in [-0.2, -0.15) is 0 Å². The molecule has 1 unspecified atom stereocenters. The van der Waals surface area contributed by atoms with Crippen LogP contribution in [0.4, 0.5) is 0 Å². The maximum atomic E-state index is 6.14. The Kier molecular flexibility index (Phi) is 4.23. The highest BCUT2D eigenvalue weighted by Crippen LogP contribution is 2.37. The number of piperidine rings is 1. The molecule has 1 saturated heterocycles. The van der Waals surface area contributed by atoms with E-state index in [1.54, 1.807) is 0 Å². The fraction of sp³-hybridized carbons (Fsp3) is 0.667. The third-order valence-electron chi connectivity index (χ3n) is 4.79. The van der Waals surface area contributed by atoms with E-state index in [9.17, 15) is 0 Å². The minimum absolute atomic E-state index is 0.0535. The van der Waals surface area contributed by atoms with Crippen molar-refractivity contribution in [1.29, 1.82) is 0 Å². The molecule has 2 heterocycles. The number of benzene rings is 1. The van der Waals surface area contributed by atoms with Gasteiger partial charge in [0.25, 0.3) is 0 Å². The molecular formula is C18H28N2O. The molecule has 2 aliphatic rings. The van der Waals surface area contributed by atoms with E-state index in [1.807, 2.05) is 0 Å². The highest BCUT2D eigenvalue weighted by Gasteiger charge is 2.31. The number of nitrogens with one attached hydrogen (secondary N) is 1. The molecule has 3 nitrogen and oxygen atoms in total. The van der Waals surface area contributed by atoms with E-state index in [-0.39, 0.29) is 5.60 Å². The first-order valence-corrected chi connectivity index (χ1v) is 8.26. The SMILES string of the molecule is CN1CCCCC1CNCc1cccc2c1OC(C)(C)C2. The maximum absolute atomic E-state index is 6.14. The number of ether oxygens (including phenoxy) is 1. The lowest BCUT2D eigenvalue weighted by Gasteiger charge is -2.32. The second kappa shape index (κ2) is 5.98. The Bertz CT molecular complexity index is 498. The number of para-hydroxylation sites is 1. The van der Waals surface area contributed by atoms with Crippen LogP contribution in [0.5, 0.6) is 5.75 Å². The summed E-state index contributed by atoms with van der Waals surface area (Å²) < 4.78 is 6.14. The summed E-state index contributed by atoms with van der Waals surface area (Å²) in [5.41, 5.74) is 2.60. The van der Waals surface area contributed by atoms with Crippen LogP contribution in [0.25, 0.3) is 0 Å². The fourth-order valence-corrected chi connectivity index (χ4v) is 3.59. The molecule has 0 spiro atoms. The second-order valence-corrected chi connectivity index (χ2v) is 7.21. The van der Waals surface area contributed by atoms with Crippen molar-refractivity contribution in [3.05, 3.63) is 29.3 Å². The average Bonchev–Trinajstić information content (AvgIpc) is 2.76. The van der Waals surface area contributed by atoms with Gasteiger partial charge in [-0.05, 0) is 45.8 Å². The standard InChI is InChI=1S/C18H28N2O/c1-18(2)11-14-7-6-8-15(17(14)21-18)12-19-13-16-9-4-5-10-20(16)3/h6-8,16,19H,4-5,9-13H2,1-3H3. The average molecular weight is 288 g/mol. The normalized spacial score (nSPS) is 24.6. The van der Waals surface area contributed by atoms with E-state index in [0.717, 1.165) is 25.3 Å². The first-order chi connectivity index (χ1) is 10.1. The Morgan fingerprint density at radius 3 is 3.00 bits per heavy atom. The van der Waals surface area contributed by atoms with Crippen molar-refractivity contribution in [3.63, 3.8) is 0 Å². The Hall–Kier alpha value is -1.06. The molecule has 21 heavy (non-hydrogen) atoms. The van der Waals surface area contributed by atoms with Gasteiger partial charge in [-0.3, -0.25) is 0 Å². The number of fused-ring (bicyclic) bond motifs is 1. The summed E-state index contributed by atoms with van der Waals surface area (Å²) >= 11 is 0. The van der Waals surface area contributed by atoms with Gasteiger partial charge in [0, 0.05) is 31.1 Å². The summed E-state index contributed by atoms with van der Waals surface area (Å²) in [5, 5.41) is 3.64. The lowest BCUT2D eigenvalue weighted by atomic mass is 10.0. The zero-order valence-corrected chi connectivity index (χ0v) is 13.6. The summed E-state index contributed by atoms with van der Waals surface area (Å²) in [7, 11) is 2.25. The molecule has 1 fully saturated rings. The Morgan fingerprint density at radius 2 is 2.19 bits per heavy atom. The molecule has 0 amide bonds. The first-order valence-electron chi connectivity index (χ1n) is 8.26. The molecule has 116 valence electrons. The van der Waals surface area contributed by atoms with Crippen molar-refractivity contribution in [1.82, 2.24) is 10.2 Å². The third-order valence-corrected chi connectivity index (χ3v) is 4.79. The van der Waals surface area contributed by atoms with Crippen LogP contribution < -0.4 is 10.1 Å². The van der Waals surface area contributed by atoms with Crippen molar-refractivity contribution >= 4 is 0 Å². The van der Waals surface area contributed by atoms with Crippen molar-refractivity contribution in [2.24, 2.45) is 0 Å². The fourth-order valence-electron chi connectivity index (χ4n) is 3.59. The molecule has 3 rings (SSSR count). The molecule has 3 heteroatoms. The van der Waals surface area contributed by atoms with E-state index in [0.29, 0.717) is 6.04 Å². The molecule has 1 aromatic carbocycles. The van der Waals surface area contributed by atoms with Crippen LogP contribution in [0.15, 0.2) is 18.2 Å². The minimum Gasteiger partial charge on any atom is -0.487 e. The van der Waals surface area contributed by atoms with E-state index in [4.69, 9.17) is 4.74 Å². The predicted octanol–water partition coefficient (Wildman–Crippen LogP) is 2.97. The maximum Gasteiger partial charge on any atom is 0.127 e. The zero-order valence-electron chi connectivity index (χ0n) is 13.6. The zero-order chi connectivity index (χ0) is 14.9. The molecule has 1 atom stereocenters. The van der Waals surface area contributed by atoms with Crippen LogP contribution in [0.1, 0.15) is 44.2 Å². The van der Waals surface area contributed by atoms with Crippen LogP contribution in [0, 0.1) is 0 Å². The lowest BCUT2D eigenvalue weighted by Crippen LogP contribution is -2.42. The predicted molar refractivity (Wildman–Crippen MR) is 86.8 cm³/mol. The summed E-state index contributed by atoms with van der Waals surface area (Å²) in [5.74, 6) is 1.12. The summed E-state index contributed by atoms with van der Waals surface area (Å²) in [4.78, 5) is 2.49. The van der Waals surface area contributed by atoms with Crippen LogP contribution in [0.3, 0.4) is 0 Å². The largest absolute Gasteiger partial charge is 0.487 e. The third kappa shape index (κ3) is 3.41. The van der Waals surface area contributed by atoms with E-state index in [1.165, 1.54) is 36.9 Å². The topological polar surface area (TPSA) is 24.5 Å². The van der Waals surface area contributed by atoms with Gasteiger partial charge in [-0.25, -0.2) is 0 Å². The van der Waals surface area contributed by atoms with Gasteiger partial charge in [0.2, 0.25) is 0 Å². The van der Waals surface area contributed by atoms with Crippen molar-refractivity contribution in [2.45, 2.75) is 57.7 Å². The quantitative estimate of drug-likeness (QED) is 0.922. The first kappa shape index (κ1) is 14.9. The molecule has 2 aliphatic heterocycles. The number of rotatable bonds is 4. The monoisotopic (exact) mass is 288 g/mol. The minimum atomic E-state index is -0.0535. The van der Waals surface area contributed by atoms with Crippen molar-refractivity contribution in [2.75, 3.05) is 20.1 Å². The molecule has 0 aliphatic carbocycles. The Labute approximate surface area is 128 Å². The van der Waals surface area contributed by atoms with Gasteiger partial charge in [0.15, 0.2) is 0 Å². The Balaban J connectivity index is 1.58. The molecule has 0 radical (unpaired) electrons. The van der Waals surface area contributed by atoms with Crippen LogP contribution in [-0.2, 0) is 13.0 Å². The smallest absolute Gasteiger partial charge is 0.127 e. The molecule has 0 bridgehead atoms. The summed E-state index contributed by atoms with van der Waals surface area (Å²) in [6.07, 6.45) is 5.05. The summed E-state index contributed by atoms with van der Waals surface area (Å²) in [6, 6.07) is 7.24.